The predicted octanol–water partition coefficient (Wildman–Crippen LogP) is 2.94. The largest absolute Gasteiger partial charge is 0.376 e. The zero-order valence-electron chi connectivity index (χ0n) is 15.9. The number of rotatable bonds is 6. The maximum atomic E-state index is 12.5. The van der Waals surface area contributed by atoms with Crippen molar-refractivity contribution in [2.75, 3.05) is 18.5 Å². The Morgan fingerprint density at radius 1 is 1.39 bits per heavy atom. The van der Waals surface area contributed by atoms with Crippen molar-refractivity contribution in [2.24, 2.45) is 7.05 Å². The van der Waals surface area contributed by atoms with E-state index in [1.165, 1.54) is 6.08 Å². The minimum absolute atomic E-state index is 0.0566. The normalized spacial score (nSPS) is 16.5. The maximum absolute atomic E-state index is 12.5. The molecule has 1 aromatic heterocycles. The first kappa shape index (κ1) is 20.1. The Labute approximate surface area is 168 Å². The zero-order valence-corrected chi connectivity index (χ0v) is 16.6. The Morgan fingerprint density at radius 2 is 2.18 bits per heavy atom. The standard InChI is InChI=1S/C20H23ClN4O3/c1-13-15(19(21)25(2)24-13)9-10-18(26)23-17-8-4-3-7-16(17)20(27)22-12-14-6-5-11-28-14/h3-4,7-10,14H,5-6,11-12H2,1-2H3,(H,22,27)(H,23,26)/b10-9+. The minimum Gasteiger partial charge on any atom is -0.376 e. The maximum Gasteiger partial charge on any atom is 0.253 e. The Morgan fingerprint density at radius 3 is 2.86 bits per heavy atom. The summed E-state index contributed by atoms with van der Waals surface area (Å²) < 4.78 is 7.06. The van der Waals surface area contributed by atoms with Gasteiger partial charge in [0, 0.05) is 31.8 Å². The lowest BCUT2D eigenvalue weighted by Gasteiger charge is -2.13. The van der Waals surface area contributed by atoms with Gasteiger partial charge in [-0.3, -0.25) is 14.3 Å². The molecule has 0 radical (unpaired) electrons. The number of hydrogen-bond acceptors (Lipinski definition) is 4. The van der Waals surface area contributed by atoms with Crippen LogP contribution in [-0.2, 0) is 16.6 Å². The summed E-state index contributed by atoms with van der Waals surface area (Å²) in [6.45, 7) is 3.01. The van der Waals surface area contributed by atoms with Gasteiger partial charge in [-0.2, -0.15) is 5.10 Å². The van der Waals surface area contributed by atoms with E-state index in [0.29, 0.717) is 28.5 Å². The lowest BCUT2D eigenvalue weighted by atomic mass is 10.1. The first-order chi connectivity index (χ1) is 13.5. The smallest absolute Gasteiger partial charge is 0.253 e. The molecule has 2 heterocycles. The molecule has 1 atom stereocenters. The van der Waals surface area contributed by atoms with Crippen LogP contribution in [0, 0.1) is 6.92 Å². The third kappa shape index (κ3) is 4.79. The van der Waals surface area contributed by atoms with E-state index in [2.05, 4.69) is 15.7 Å². The summed E-state index contributed by atoms with van der Waals surface area (Å²) in [6, 6.07) is 6.88. The average Bonchev–Trinajstić information content (AvgIpc) is 3.27. The molecule has 0 saturated carbocycles. The summed E-state index contributed by atoms with van der Waals surface area (Å²) >= 11 is 6.17. The van der Waals surface area contributed by atoms with Crippen LogP contribution < -0.4 is 10.6 Å². The van der Waals surface area contributed by atoms with Gasteiger partial charge >= 0.3 is 0 Å². The van der Waals surface area contributed by atoms with E-state index in [4.69, 9.17) is 16.3 Å². The number of para-hydroxylation sites is 1. The van der Waals surface area contributed by atoms with E-state index in [9.17, 15) is 9.59 Å². The van der Waals surface area contributed by atoms with Crippen molar-refractivity contribution in [1.82, 2.24) is 15.1 Å². The van der Waals surface area contributed by atoms with Gasteiger partial charge in [0.15, 0.2) is 0 Å². The number of carbonyl (C=O) groups is 2. The van der Waals surface area contributed by atoms with Crippen LogP contribution in [0.25, 0.3) is 6.08 Å². The second kappa shape index (κ2) is 9.03. The van der Waals surface area contributed by atoms with Crippen LogP contribution in [0.15, 0.2) is 30.3 Å². The molecule has 7 nitrogen and oxygen atoms in total. The molecule has 1 saturated heterocycles. The first-order valence-electron chi connectivity index (χ1n) is 9.12. The molecule has 0 bridgehead atoms. The number of ether oxygens (including phenoxy) is 1. The summed E-state index contributed by atoms with van der Waals surface area (Å²) in [5.41, 5.74) is 2.25. The van der Waals surface area contributed by atoms with E-state index in [-0.39, 0.29) is 17.9 Å². The topological polar surface area (TPSA) is 85.2 Å². The number of aromatic nitrogens is 2. The second-order valence-corrected chi connectivity index (χ2v) is 6.98. The van der Waals surface area contributed by atoms with Gasteiger partial charge in [-0.1, -0.05) is 23.7 Å². The number of halogens is 1. The SMILES string of the molecule is Cc1nn(C)c(Cl)c1/C=C/C(=O)Nc1ccccc1C(=O)NCC1CCCO1. The number of aryl methyl sites for hydroxylation is 2. The highest BCUT2D eigenvalue weighted by Gasteiger charge is 2.18. The van der Waals surface area contributed by atoms with Crippen LogP contribution in [0.4, 0.5) is 5.69 Å². The predicted molar refractivity (Wildman–Crippen MR) is 108 cm³/mol. The molecule has 28 heavy (non-hydrogen) atoms. The molecular formula is C20H23ClN4O3. The monoisotopic (exact) mass is 402 g/mol. The van der Waals surface area contributed by atoms with Crippen LogP contribution in [-0.4, -0.2) is 40.9 Å². The molecular weight excluding hydrogens is 380 g/mol. The van der Waals surface area contributed by atoms with Gasteiger partial charge in [0.05, 0.1) is 23.0 Å². The average molecular weight is 403 g/mol. The van der Waals surface area contributed by atoms with Crippen LogP contribution in [0.3, 0.4) is 0 Å². The fourth-order valence-corrected chi connectivity index (χ4v) is 3.30. The van der Waals surface area contributed by atoms with Crippen LogP contribution >= 0.6 is 11.6 Å². The van der Waals surface area contributed by atoms with Gasteiger partial charge < -0.3 is 15.4 Å². The fraction of sp³-hybridized carbons (Fsp3) is 0.350. The molecule has 2 aromatic rings. The van der Waals surface area contributed by atoms with Gasteiger partial charge in [-0.25, -0.2) is 0 Å². The van der Waals surface area contributed by atoms with Gasteiger partial charge in [0.25, 0.3) is 5.91 Å². The number of amides is 2. The number of nitrogens with one attached hydrogen (secondary N) is 2. The molecule has 1 aliphatic heterocycles. The Bertz CT molecular complexity index is 901. The van der Waals surface area contributed by atoms with Crippen molar-refractivity contribution in [1.29, 1.82) is 0 Å². The molecule has 0 aliphatic carbocycles. The molecule has 8 heteroatoms. The van der Waals surface area contributed by atoms with Crippen LogP contribution in [0.1, 0.15) is 34.5 Å². The third-order valence-electron chi connectivity index (χ3n) is 4.54. The number of anilines is 1. The summed E-state index contributed by atoms with van der Waals surface area (Å²) in [5.74, 6) is -0.611. The van der Waals surface area contributed by atoms with Crippen LogP contribution in [0.2, 0.25) is 5.15 Å². The molecule has 3 rings (SSSR count). The number of carbonyl (C=O) groups excluding carboxylic acids is 2. The number of nitrogens with zero attached hydrogens (tertiary/aromatic N) is 2. The minimum atomic E-state index is -0.362. The highest BCUT2D eigenvalue weighted by Crippen LogP contribution is 2.20. The summed E-state index contributed by atoms with van der Waals surface area (Å²) in [5, 5.41) is 10.3. The molecule has 0 spiro atoms. The first-order valence-corrected chi connectivity index (χ1v) is 9.50. The van der Waals surface area contributed by atoms with Gasteiger partial charge in [-0.05, 0) is 38.0 Å². The lowest BCUT2D eigenvalue weighted by Crippen LogP contribution is -2.32. The number of benzene rings is 1. The second-order valence-electron chi connectivity index (χ2n) is 6.63. The number of hydrogen-bond donors (Lipinski definition) is 2. The molecule has 1 fully saturated rings. The van der Waals surface area contributed by atoms with E-state index in [1.54, 1.807) is 42.1 Å². The highest BCUT2D eigenvalue weighted by atomic mass is 35.5. The van der Waals surface area contributed by atoms with Gasteiger partial charge in [0.1, 0.15) is 5.15 Å². The molecule has 2 N–H and O–H groups in total. The fourth-order valence-electron chi connectivity index (χ4n) is 3.07. The van der Waals surface area contributed by atoms with Crippen LogP contribution in [0.5, 0.6) is 0 Å². The zero-order chi connectivity index (χ0) is 20.1. The molecule has 1 unspecified atom stereocenters. The Kier molecular flexibility index (Phi) is 6.49. The quantitative estimate of drug-likeness (QED) is 0.727. The van der Waals surface area contributed by atoms with Crippen molar-refractivity contribution >= 4 is 35.2 Å². The van der Waals surface area contributed by atoms with Gasteiger partial charge in [-0.15, -0.1) is 0 Å². The molecule has 2 amide bonds. The van der Waals surface area contributed by atoms with E-state index in [1.807, 2.05) is 6.92 Å². The van der Waals surface area contributed by atoms with Crippen molar-refractivity contribution in [3.05, 3.63) is 52.3 Å². The van der Waals surface area contributed by atoms with Crippen molar-refractivity contribution in [3.63, 3.8) is 0 Å². The van der Waals surface area contributed by atoms with Crippen molar-refractivity contribution in [2.45, 2.75) is 25.9 Å². The third-order valence-corrected chi connectivity index (χ3v) is 4.99. The van der Waals surface area contributed by atoms with E-state index >= 15 is 0 Å². The highest BCUT2D eigenvalue weighted by molar-refractivity contribution is 6.31. The Hall–Kier alpha value is -2.64. The molecule has 148 valence electrons. The Balaban J connectivity index is 1.65. The van der Waals surface area contributed by atoms with E-state index < -0.39 is 0 Å². The summed E-state index contributed by atoms with van der Waals surface area (Å²) in [4.78, 5) is 24.8. The van der Waals surface area contributed by atoms with E-state index in [0.717, 1.165) is 25.1 Å². The summed E-state index contributed by atoms with van der Waals surface area (Å²) in [6.07, 6.45) is 5.00. The summed E-state index contributed by atoms with van der Waals surface area (Å²) in [7, 11) is 1.73. The van der Waals surface area contributed by atoms with Crippen molar-refractivity contribution in [3.8, 4) is 0 Å². The lowest BCUT2D eigenvalue weighted by molar-refractivity contribution is -0.111. The molecule has 1 aliphatic rings. The molecule has 1 aromatic carbocycles. The van der Waals surface area contributed by atoms with Gasteiger partial charge in [0.2, 0.25) is 5.91 Å². The van der Waals surface area contributed by atoms with Crippen molar-refractivity contribution < 1.29 is 14.3 Å².